The van der Waals surface area contributed by atoms with Crippen LogP contribution in [0.3, 0.4) is 0 Å². The minimum absolute atomic E-state index is 0.288. The molecule has 1 heterocycles. The van der Waals surface area contributed by atoms with Crippen LogP contribution in [-0.2, 0) is 17.6 Å². The first-order valence-electron chi connectivity index (χ1n) is 4.36. The number of aryl methyl sites for hydroxylation is 2. The molecule has 0 aliphatic carbocycles. The molecular formula is C10H14N2O. The van der Waals surface area contributed by atoms with Gasteiger partial charge >= 0.3 is 0 Å². The molecule has 1 aromatic heterocycles. The number of carbonyl (C=O) groups is 1. The Kier molecular flexibility index (Phi) is 3.01. The first kappa shape index (κ1) is 9.71. The highest BCUT2D eigenvalue weighted by Gasteiger charge is 2.04. The summed E-state index contributed by atoms with van der Waals surface area (Å²) in [6.45, 7) is 3.99. The SMILES string of the molecule is CCc1cc(C)ncc1CC(N)=O. The molecule has 0 saturated carbocycles. The Balaban J connectivity index is 2.99. The van der Waals surface area contributed by atoms with Crippen molar-refractivity contribution in [3.8, 4) is 0 Å². The molecule has 0 aliphatic heterocycles. The smallest absolute Gasteiger partial charge is 0.221 e. The van der Waals surface area contributed by atoms with E-state index in [0.717, 1.165) is 23.2 Å². The second kappa shape index (κ2) is 4.03. The van der Waals surface area contributed by atoms with E-state index >= 15 is 0 Å². The molecule has 0 spiro atoms. The number of hydrogen-bond acceptors (Lipinski definition) is 2. The van der Waals surface area contributed by atoms with E-state index in [0.29, 0.717) is 0 Å². The minimum atomic E-state index is -0.305. The van der Waals surface area contributed by atoms with Gasteiger partial charge in [-0.25, -0.2) is 0 Å². The lowest BCUT2D eigenvalue weighted by Gasteiger charge is -2.05. The molecule has 0 fully saturated rings. The number of rotatable bonds is 3. The van der Waals surface area contributed by atoms with Gasteiger partial charge in [0.2, 0.25) is 5.91 Å². The molecule has 0 radical (unpaired) electrons. The van der Waals surface area contributed by atoms with Crippen LogP contribution in [0, 0.1) is 6.92 Å². The van der Waals surface area contributed by atoms with E-state index in [1.165, 1.54) is 0 Å². The zero-order chi connectivity index (χ0) is 9.84. The van der Waals surface area contributed by atoms with Crippen molar-refractivity contribution in [1.82, 2.24) is 4.98 Å². The normalized spacial score (nSPS) is 10.0. The van der Waals surface area contributed by atoms with E-state index in [4.69, 9.17) is 5.73 Å². The van der Waals surface area contributed by atoms with E-state index in [1.54, 1.807) is 6.20 Å². The van der Waals surface area contributed by atoms with Crippen molar-refractivity contribution in [2.24, 2.45) is 5.73 Å². The van der Waals surface area contributed by atoms with Crippen molar-refractivity contribution in [1.29, 1.82) is 0 Å². The molecule has 0 bridgehead atoms. The summed E-state index contributed by atoms with van der Waals surface area (Å²) < 4.78 is 0. The predicted molar refractivity (Wildman–Crippen MR) is 51.3 cm³/mol. The number of hydrogen-bond donors (Lipinski definition) is 1. The van der Waals surface area contributed by atoms with Gasteiger partial charge in [0.05, 0.1) is 6.42 Å². The lowest BCUT2D eigenvalue weighted by Crippen LogP contribution is -2.15. The third-order valence-corrected chi connectivity index (χ3v) is 1.97. The molecule has 0 unspecified atom stereocenters. The number of carbonyl (C=O) groups excluding carboxylic acids is 1. The average molecular weight is 178 g/mol. The predicted octanol–water partition coefficient (Wildman–Crippen LogP) is 0.980. The van der Waals surface area contributed by atoms with Crippen LogP contribution >= 0.6 is 0 Å². The topological polar surface area (TPSA) is 56.0 Å². The highest BCUT2D eigenvalue weighted by molar-refractivity contribution is 5.76. The van der Waals surface area contributed by atoms with Gasteiger partial charge in [-0.2, -0.15) is 0 Å². The fourth-order valence-electron chi connectivity index (χ4n) is 1.32. The van der Waals surface area contributed by atoms with Gasteiger partial charge in [0.25, 0.3) is 0 Å². The number of primary amides is 1. The van der Waals surface area contributed by atoms with Gasteiger partial charge in [0, 0.05) is 11.9 Å². The largest absolute Gasteiger partial charge is 0.369 e. The second-order valence-electron chi connectivity index (χ2n) is 3.09. The van der Waals surface area contributed by atoms with E-state index in [2.05, 4.69) is 11.9 Å². The second-order valence-corrected chi connectivity index (χ2v) is 3.09. The molecule has 0 saturated heterocycles. The van der Waals surface area contributed by atoms with E-state index < -0.39 is 0 Å². The van der Waals surface area contributed by atoms with Gasteiger partial charge < -0.3 is 5.73 Å². The molecule has 13 heavy (non-hydrogen) atoms. The fourth-order valence-corrected chi connectivity index (χ4v) is 1.32. The molecular weight excluding hydrogens is 164 g/mol. The average Bonchev–Trinajstić information content (AvgIpc) is 2.07. The number of aromatic nitrogens is 1. The van der Waals surface area contributed by atoms with Crippen LogP contribution in [0.2, 0.25) is 0 Å². The Morgan fingerprint density at radius 3 is 2.77 bits per heavy atom. The molecule has 3 nitrogen and oxygen atoms in total. The molecule has 0 aromatic carbocycles. The quantitative estimate of drug-likeness (QED) is 0.750. The Bertz CT molecular complexity index is 321. The third-order valence-electron chi connectivity index (χ3n) is 1.97. The molecule has 0 aliphatic rings. The molecule has 1 rings (SSSR count). The molecule has 70 valence electrons. The summed E-state index contributed by atoms with van der Waals surface area (Å²) in [5.74, 6) is -0.305. The summed E-state index contributed by atoms with van der Waals surface area (Å²) in [7, 11) is 0. The third kappa shape index (κ3) is 2.54. The van der Waals surface area contributed by atoms with Crippen LogP contribution in [0.4, 0.5) is 0 Å². The first-order chi connectivity index (χ1) is 6.13. The zero-order valence-corrected chi connectivity index (χ0v) is 8.00. The number of amides is 1. The standard InChI is InChI=1S/C10H14N2O/c1-3-8-4-7(2)12-6-9(8)5-10(11)13/h4,6H,3,5H2,1-2H3,(H2,11,13). The van der Waals surface area contributed by atoms with Gasteiger partial charge in [0.1, 0.15) is 0 Å². The summed E-state index contributed by atoms with van der Waals surface area (Å²) in [4.78, 5) is 14.8. The monoisotopic (exact) mass is 178 g/mol. The maximum atomic E-state index is 10.7. The minimum Gasteiger partial charge on any atom is -0.369 e. The lowest BCUT2D eigenvalue weighted by molar-refractivity contribution is -0.117. The summed E-state index contributed by atoms with van der Waals surface area (Å²) in [5, 5.41) is 0. The number of nitrogens with two attached hydrogens (primary N) is 1. The van der Waals surface area contributed by atoms with Crippen molar-refractivity contribution in [2.45, 2.75) is 26.7 Å². The highest BCUT2D eigenvalue weighted by atomic mass is 16.1. The van der Waals surface area contributed by atoms with Crippen molar-refractivity contribution in [3.63, 3.8) is 0 Å². The highest BCUT2D eigenvalue weighted by Crippen LogP contribution is 2.10. The van der Waals surface area contributed by atoms with Crippen LogP contribution < -0.4 is 5.73 Å². The summed E-state index contributed by atoms with van der Waals surface area (Å²) in [6, 6.07) is 2.00. The Morgan fingerprint density at radius 1 is 1.54 bits per heavy atom. The van der Waals surface area contributed by atoms with Crippen molar-refractivity contribution >= 4 is 5.91 Å². The van der Waals surface area contributed by atoms with Crippen molar-refractivity contribution in [3.05, 3.63) is 29.1 Å². The first-order valence-corrected chi connectivity index (χ1v) is 4.36. The zero-order valence-electron chi connectivity index (χ0n) is 8.00. The fraction of sp³-hybridized carbons (Fsp3) is 0.400. The van der Waals surface area contributed by atoms with E-state index in [1.807, 2.05) is 13.0 Å². The number of pyridine rings is 1. The van der Waals surface area contributed by atoms with Crippen LogP contribution in [0.25, 0.3) is 0 Å². The maximum absolute atomic E-state index is 10.7. The number of nitrogens with zero attached hydrogens (tertiary/aromatic N) is 1. The summed E-state index contributed by atoms with van der Waals surface area (Å²) >= 11 is 0. The van der Waals surface area contributed by atoms with Gasteiger partial charge in [-0.15, -0.1) is 0 Å². The van der Waals surface area contributed by atoms with Crippen molar-refractivity contribution < 1.29 is 4.79 Å². The van der Waals surface area contributed by atoms with E-state index in [-0.39, 0.29) is 12.3 Å². The molecule has 1 aromatic rings. The Morgan fingerprint density at radius 2 is 2.23 bits per heavy atom. The van der Waals surface area contributed by atoms with Crippen LogP contribution in [0.5, 0.6) is 0 Å². The maximum Gasteiger partial charge on any atom is 0.221 e. The van der Waals surface area contributed by atoms with Gasteiger partial charge in [-0.3, -0.25) is 9.78 Å². The molecule has 1 amide bonds. The van der Waals surface area contributed by atoms with E-state index in [9.17, 15) is 4.79 Å². The summed E-state index contributed by atoms with van der Waals surface area (Å²) in [6.07, 6.45) is 2.93. The van der Waals surface area contributed by atoms with Gasteiger partial charge in [-0.05, 0) is 30.5 Å². The van der Waals surface area contributed by atoms with Gasteiger partial charge in [0.15, 0.2) is 0 Å². The Hall–Kier alpha value is -1.38. The summed E-state index contributed by atoms with van der Waals surface area (Å²) in [5.41, 5.74) is 8.20. The van der Waals surface area contributed by atoms with Crippen LogP contribution in [-0.4, -0.2) is 10.9 Å². The molecule has 2 N–H and O–H groups in total. The van der Waals surface area contributed by atoms with Crippen LogP contribution in [0.15, 0.2) is 12.3 Å². The molecule has 3 heteroatoms. The Labute approximate surface area is 78.0 Å². The lowest BCUT2D eigenvalue weighted by atomic mass is 10.0. The van der Waals surface area contributed by atoms with Crippen LogP contribution in [0.1, 0.15) is 23.7 Å². The van der Waals surface area contributed by atoms with Gasteiger partial charge in [-0.1, -0.05) is 6.92 Å². The van der Waals surface area contributed by atoms with Crippen molar-refractivity contribution in [2.75, 3.05) is 0 Å². The molecule has 0 atom stereocenters.